The average Bonchev–Trinajstić information content (AvgIpc) is 1.86. The van der Waals surface area contributed by atoms with E-state index in [4.69, 9.17) is 0 Å². The summed E-state index contributed by atoms with van der Waals surface area (Å²) in [7, 11) is 0. The van der Waals surface area contributed by atoms with E-state index in [0.29, 0.717) is 5.92 Å². The van der Waals surface area contributed by atoms with Crippen molar-refractivity contribution in [2.24, 2.45) is 10.9 Å². The Morgan fingerprint density at radius 2 is 2.00 bits per heavy atom. The topological polar surface area (TPSA) is 12.4 Å². The van der Waals surface area contributed by atoms with Crippen molar-refractivity contribution >= 4 is 5.71 Å². The Labute approximate surface area is 69.5 Å². The molecule has 0 aromatic rings. The summed E-state index contributed by atoms with van der Waals surface area (Å²) in [6.45, 7) is 11.9. The Kier molecular flexibility index (Phi) is 4.51. The molecule has 0 aliphatic heterocycles. The van der Waals surface area contributed by atoms with Gasteiger partial charge in [0.15, 0.2) is 0 Å². The summed E-state index contributed by atoms with van der Waals surface area (Å²) in [6.07, 6.45) is 4.03. The van der Waals surface area contributed by atoms with Crippen LogP contribution in [0, 0.1) is 5.92 Å². The van der Waals surface area contributed by atoms with Crippen molar-refractivity contribution in [2.45, 2.75) is 27.7 Å². The molecule has 0 aromatic carbocycles. The molecule has 0 heterocycles. The van der Waals surface area contributed by atoms with Gasteiger partial charge in [0.2, 0.25) is 0 Å². The third-order valence-electron chi connectivity index (χ3n) is 1.25. The van der Waals surface area contributed by atoms with E-state index in [9.17, 15) is 0 Å². The highest BCUT2D eigenvalue weighted by molar-refractivity contribution is 5.96. The molecule has 0 aliphatic rings. The summed E-state index contributed by atoms with van der Waals surface area (Å²) >= 11 is 0. The van der Waals surface area contributed by atoms with E-state index >= 15 is 0 Å². The van der Waals surface area contributed by atoms with Gasteiger partial charge >= 0.3 is 0 Å². The van der Waals surface area contributed by atoms with Crippen molar-refractivity contribution in [3.63, 3.8) is 0 Å². The Balaban J connectivity index is 4.46. The molecular formula is C10H17N. The monoisotopic (exact) mass is 151 g/mol. The fraction of sp³-hybridized carbons (Fsp3) is 0.500. The third kappa shape index (κ3) is 4.54. The van der Waals surface area contributed by atoms with Crippen LogP contribution in [0.3, 0.4) is 0 Å². The maximum absolute atomic E-state index is 4.30. The third-order valence-corrected chi connectivity index (χ3v) is 1.25. The van der Waals surface area contributed by atoms with Crippen molar-refractivity contribution in [2.75, 3.05) is 0 Å². The SMILES string of the molecule is C=C(C)/N=C(\C=C/C)C(C)C. The van der Waals surface area contributed by atoms with Crippen LogP contribution in [0.1, 0.15) is 27.7 Å². The normalized spacial score (nSPS) is 13.0. The minimum atomic E-state index is 0.475. The standard InChI is InChI=1S/C10H17N/c1-6-7-10(8(2)3)11-9(4)5/h6-8H,4H2,1-3,5H3/b7-6-,11-10+. The molecule has 0 unspecified atom stereocenters. The first-order valence-electron chi connectivity index (χ1n) is 3.94. The van der Waals surface area contributed by atoms with Gasteiger partial charge in [-0.3, -0.25) is 4.99 Å². The predicted molar refractivity (Wildman–Crippen MR) is 51.9 cm³/mol. The zero-order chi connectivity index (χ0) is 8.85. The Morgan fingerprint density at radius 1 is 1.45 bits per heavy atom. The molecule has 0 saturated heterocycles. The largest absolute Gasteiger partial charge is 0.259 e. The fourth-order valence-electron chi connectivity index (χ4n) is 0.750. The molecule has 0 saturated carbocycles. The van der Waals surface area contributed by atoms with Gasteiger partial charge < -0.3 is 0 Å². The number of rotatable bonds is 3. The maximum Gasteiger partial charge on any atom is 0.0428 e. The van der Waals surface area contributed by atoms with Crippen LogP contribution >= 0.6 is 0 Å². The molecule has 11 heavy (non-hydrogen) atoms. The zero-order valence-electron chi connectivity index (χ0n) is 7.89. The smallest absolute Gasteiger partial charge is 0.0428 e. The first-order chi connectivity index (χ1) is 5.07. The molecule has 0 aromatic heterocycles. The Hall–Kier alpha value is -0.850. The minimum Gasteiger partial charge on any atom is -0.259 e. The summed E-state index contributed by atoms with van der Waals surface area (Å²) in [6, 6.07) is 0. The molecular weight excluding hydrogens is 134 g/mol. The molecule has 0 spiro atoms. The molecule has 0 bridgehead atoms. The maximum atomic E-state index is 4.30. The highest BCUT2D eigenvalue weighted by atomic mass is 14.7. The molecule has 0 amide bonds. The minimum absolute atomic E-state index is 0.475. The number of hydrogen-bond donors (Lipinski definition) is 0. The second kappa shape index (κ2) is 4.89. The van der Waals surface area contributed by atoms with E-state index < -0.39 is 0 Å². The molecule has 0 fully saturated rings. The number of aliphatic imine (C=N–C) groups is 1. The van der Waals surface area contributed by atoms with Crippen molar-refractivity contribution in [3.8, 4) is 0 Å². The molecule has 0 aliphatic carbocycles. The van der Waals surface area contributed by atoms with Crippen LogP contribution in [0.15, 0.2) is 29.4 Å². The first kappa shape index (κ1) is 10.2. The summed E-state index contributed by atoms with van der Waals surface area (Å²) in [5.74, 6) is 0.475. The van der Waals surface area contributed by atoms with Crippen LogP contribution in [0.2, 0.25) is 0 Å². The van der Waals surface area contributed by atoms with Crippen molar-refractivity contribution < 1.29 is 0 Å². The first-order valence-corrected chi connectivity index (χ1v) is 3.94. The molecule has 0 N–H and O–H groups in total. The quantitative estimate of drug-likeness (QED) is 0.549. The number of allylic oxidation sites excluding steroid dienone is 3. The molecule has 0 rings (SSSR count). The van der Waals surface area contributed by atoms with Crippen LogP contribution in [0.4, 0.5) is 0 Å². The lowest BCUT2D eigenvalue weighted by atomic mass is 10.1. The van der Waals surface area contributed by atoms with Gasteiger partial charge in [-0.2, -0.15) is 0 Å². The summed E-state index contributed by atoms with van der Waals surface area (Å²) < 4.78 is 0. The van der Waals surface area contributed by atoms with Crippen LogP contribution < -0.4 is 0 Å². The summed E-state index contributed by atoms with van der Waals surface area (Å²) in [5, 5.41) is 0. The lowest BCUT2D eigenvalue weighted by Gasteiger charge is -2.03. The predicted octanol–water partition coefficient (Wildman–Crippen LogP) is 3.19. The second-order valence-electron chi connectivity index (χ2n) is 2.93. The molecule has 0 atom stereocenters. The van der Waals surface area contributed by atoms with Gasteiger partial charge in [0, 0.05) is 11.4 Å². The van der Waals surface area contributed by atoms with Crippen molar-refractivity contribution in [1.82, 2.24) is 0 Å². The summed E-state index contributed by atoms with van der Waals surface area (Å²) in [5.41, 5.74) is 1.96. The number of nitrogens with zero attached hydrogens (tertiary/aromatic N) is 1. The van der Waals surface area contributed by atoms with Gasteiger partial charge in [-0.25, -0.2) is 0 Å². The molecule has 1 heteroatoms. The lowest BCUT2D eigenvalue weighted by molar-refractivity contribution is 0.885. The average molecular weight is 151 g/mol. The van der Waals surface area contributed by atoms with Crippen LogP contribution in [0.5, 0.6) is 0 Å². The van der Waals surface area contributed by atoms with E-state index in [1.54, 1.807) is 0 Å². The van der Waals surface area contributed by atoms with Gasteiger partial charge in [0.05, 0.1) is 0 Å². The Bertz CT molecular complexity index is 185. The molecule has 0 radical (unpaired) electrons. The van der Waals surface area contributed by atoms with Crippen molar-refractivity contribution in [3.05, 3.63) is 24.4 Å². The van der Waals surface area contributed by atoms with Gasteiger partial charge in [-0.05, 0) is 25.8 Å². The highest BCUT2D eigenvalue weighted by Gasteiger charge is 1.99. The van der Waals surface area contributed by atoms with Gasteiger partial charge in [0.1, 0.15) is 0 Å². The van der Waals surface area contributed by atoms with Gasteiger partial charge in [0.25, 0.3) is 0 Å². The van der Waals surface area contributed by atoms with Crippen LogP contribution in [0.25, 0.3) is 0 Å². The van der Waals surface area contributed by atoms with E-state index in [-0.39, 0.29) is 0 Å². The van der Waals surface area contributed by atoms with E-state index in [1.807, 2.05) is 26.0 Å². The summed E-state index contributed by atoms with van der Waals surface area (Å²) in [4.78, 5) is 4.30. The van der Waals surface area contributed by atoms with E-state index in [1.165, 1.54) is 0 Å². The zero-order valence-corrected chi connectivity index (χ0v) is 7.89. The van der Waals surface area contributed by atoms with E-state index in [0.717, 1.165) is 11.4 Å². The van der Waals surface area contributed by atoms with Gasteiger partial charge in [-0.15, -0.1) is 0 Å². The van der Waals surface area contributed by atoms with Gasteiger partial charge in [-0.1, -0.05) is 26.5 Å². The van der Waals surface area contributed by atoms with E-state index in [2.05, 4.69) is 25.4 Å². The van der Waals surface area contributed by atoms with Crippen LogP contribution in [-0.2, 0) is 0 Å². The van der Waals surface area contributed by atoms with Crippen molar-refractivity contribution in [1.29, 1.82) is 0 Å². The number of hydrogen-bond acceptors (Lipinski definition) is 1. The molecule has 62 valence electrons. The Morgan fingerprint density at radius 3 is 2.27 bits per heavy atom. The fourth-order valence-corrected chi connectivity index (χ4v) is 0.750. The lowest BCUT2D eigenvalue weighted by Crippen LogP contribution is -2.03. The second-order valence-corrected chi connectivity index (χ2v) is 2.93. The van der Waals surface area contributed by atoms with Crippen LogP contribution in [-0.4, -0.2) is 5.71 Å². The molecule has 1 nitrogen and oxygen atoms in total. The highest BCUT2D eigenvalue weighted by Crippen LogP contribution is 2.02.